The van der Waals surface area contributed by atoms with E-state index in [9.17, 15) is 24.2 Å². The van der Waals surface area contributed by atoms with E-state index in [1.54, 1.807) is 34.9 Å². The number of pyridine rings is 1. The lowest BCUT2D eigenvalue weighted by molar-refractivity contribution is 0.0694. The summed E-state index contributed by atoms with van der Waals surface area (Å²) >= 11 is 0. The number of aliphatic hydroxyl groups is 1. The third kappa shape index (κ3) is 3.61. The van der Waals surface area contributed by atoms with Crippen LogP contribution < -0.4 is 10.3 Å². The summed E-state index contributed by atoms with van der Waals surface area (Å²) in [5.74, 6) is -1.67. The summed E-state index contributed by atoms with van der Waals surface area (Å²) in [4.78, 5) is 26.1. The predicted molar refractivity (Wildman–Crippen MR) is 106 cm³/mol. The summed E-state index contributed by atoms with van der Waals surface area (Å²) in [7, 11) is 3.68. The number of rotatable bonds is 6. The predicted octanol–water partition coefficient (Wildman–Crippen LogP) is 2.49. The summed E-state index contributed by atoms with van der Waals surface area (Å²) < 4.78 is 15.7. The molecule has 6 nitrogen and oxygen atoms in total. The average Bonchev–Trinajstić information content (AvgIpc) is 2.65. The molecular weight excluding hydrogens is 363 g/mol. The highest BCUT2D eigenvalue weighted by atomic mass is 19.1. The van der Waals surface area contributed by atoms with E-state index in [-0.39, 0.29) is 36.3 Å². The molecule has 0 aliphatic heterocycles. The Kier molecular flexibility index (Phi) is 5.46. The van der Waals surface area contributed by atoms with Gasteiger partial charge in [-0.05, 0) is 29.3 Å². The third-order valence-corrected chi connectivity index (χ3v) is 4.67. The van der Waals surface area contributed by atoms with Crippen molar-refractivity contribution in [2.45, 2.75) is 13.0 Å². The van der Waals surface area contributed by atoms with Crippen LogP contribution in [0.1, 0.15) is 21.5 Å². The molecule has 0 bridgehead atoms. The first kappa shape index (κ1) is 19.6. The molecule has 1 aromatic heterocycles. The molecule has 28 heavy (non-hydrogen) atoms. The Morgan fingerprint density at radius 3 is 2.50 bits per heavy atom. The van der Waals surface area contributed by atoms with Gasteiger partial charge in [0.1, 0.15) is 11.4 Å². The number of aromatic carboxylic acids is 1. The molecular formula is C21H21FN2O4. The summed E-state index contributed by atoms with van der Waals surface area (Å²) in [6, 6.07) is 9.80. The van der Waals surface area contributed by atoms with E-state index in [1.807, 2.05) is 19.0 Å². The summed E-state index contributed by atoms with van der Waals surface area (Å²) in [5, 5.41) is 18.9. The first-order valence-electron chi connectivity index (χ1n) is 8.78. The Bertz CT molecular complexity index is 1110. The van der Waals surface area contributed by atoms with Crippen LogP contribution in [0.2, 0.25) is 0 Å². The highest BCUT2D eigenvalue weighted by Crippen LogP contribution is 2.28. The number of hydrogen-bond donors (Lipinski definition) is 2. The molecule has 0 aliphatic carbocycles. The molecule has 0 spiro atoms. The molecule has 2 aromatic carbocycles. The molecule has 0 saturated heterocycles. The number of hydrogen-bond acceptors (Lipinski definition) is 4. The minimum absolute atomic E-state index is 0.149. The second-order valence-corrected chi connectivity index (χ2v) is 6.75. The monoisotopic (exact) mass is 384 g/mol. The number of carboxylic acid groups (broad SMARTS) is 1. The number of nitrogens with zero attached hydrogens (tertiary/aromatic N) is 2. The molecule has 0 amide bonds. The first-order chi connectivity index (χ1) is 13.3. The molecule has 0 atom stereocenters. The number of aromatic nitrogens is 1. The molecule has 146 valence electrons. The SMILES string of the molecule is CN(C)c1cc2c(cc1Cc1ccccc1F)c(=O)c(C(=O)O)cn2CCO. The number of carbonyl (C=O) groups is 1. The number of halogens is 1. The minimum Gasteiger partial charge on any atom is -0.477 e. The second-order valence-electron chi connectivity index (χ2n) is 6.75. The Morgan fingerprint density at radius 1 is 1.18 bits per heavy atom. The van der Waals surface area contributed by atoms with Gasteiger partial charge in [0.15, 0.2) is 0 Å². The van der Waals surface area contributed by atoms with Crippen LogP contribution >= 0.6 is 0 Å². The van der Waals surface area contributed by atoms with E-state index in [0.717, 1.165) is 5.69 Å². The van der Waals surface area contributed by atoms with Crippen LogP contribution in [0.25, 0.3) is 10.9 Å². The topological polar surface area (TPSA) is 82.8 Å². The highest BCUT2D eigenvalue weighted by molar-refractivity contribution is 5.94. The van der Waals surface area contributed by atoms with Crippen LogP contribution in [0.4, 0.5) is 10.1 Å². The molecule has 2 N–H and O–H groups in total. The Morgan fingerprint density at radius 2 is 1.89 bits per heavy atom. The van der Waals surface area contributed by atoms with E-state index in [0.29, 0.717) is 16.6 Å². The third-order valence-electron chi connectivity index (χ3n) is 4.67. The van der Waals surface area contributed by atoms with Crippen molar-refractivity contribution in [1.82, 2.24) is 4.57 Å². The van der Waals surface area contributed by atoms with E-state index >= 15 is 0 Å². The van der Waals surface area contributed by atoms with Gasteiger partial charge < -0.3 is 19.7 Å². The first-order valence-corrected chi connectivity index (χ1v) is 8.78. The van der Waals surface area contributed by atoms with E-state index in [4.69, 9.17) is 0 Å². The van der Waals surface area contributed by atoms with E-state index in [2.05, 4.69) is 0 Å². The van der Waals surface area contributed by atoms with Crippen LogP contribution in [0.3, 0.4) is 0 Å². The van der Waals surface area contributed by atoms with Crippen molar-refractivity contribution in [2.24, 2.45) is 0 Å². The fourth-order valence-corrected chi connectivity index (χ4v) is 3.32. The average molecular weight is 384 g/mol. The number of benzene rings is 2. The number of aliphatic hydroxyl groups excluding tert-OH is 1. The van der Waals surface area contributed by atoms with Gasteiger partial charge in [-0.15, -0.1) is 0 Å². The molecule has 7 heteroatoms. The second kappa shape index (κ2) is 7.82. The van der Waals surface area contributed by atoms with Gasteiger partial charge in [0.2, 0.25) is 5.43 Å². The lowest BCUT2D eigenvalue weighted by Crippen LogP contribution is -2.21. The minimum atomic E-state index is -1.33. The van der Waals surface area contributed by atoms with Gasteiger partial charge in [0.25, 0.3) is 0 Å². The Balaban J connectivity index is 2.30. The van der Waals surface area contributed by atoms with Crippen LogP contribution in [0, 0.1) is 5.82 Å². The molecule has 0 fully saturated rings. The van der Waals surface area contributed by atoms with Crippen LogP contribution in [0.15, 0.2) is 47.4 Å². The maximum atomic E-state index is 14.2. The number of fused-ring (bicyclic) bond motifs is 1. The maximum Gasteiger partial charge on any atom is 0.341 e. The molecule has 3 rings (SSSR count). The quantitative estimate of drug-likeness (QED) is 0.682. The summed E-state index contributed by atoms with van der Waals surface area (Å²) in [5.41, 5.74) is 1.52. The zero-order valence-electron chi connectivity index (χ0n) is 15.6. The maximum absolute atomic E-state index is 14.2. The van der Waals surface area contributed by atoms with Crippen molar-refractivity contribution >= 4 is 22.6 Å². The zero-order chi connectivity index (χ0) is 20.4. The Hall–Kier alpha value is -3.19. The standard InChI is InChI=1S/C21H21FN2O4/c1-23(2)18-11-19-15(10-14(18)9-13-5-3-4-6-17(13)22)20(26)16(21(27)28)12-24(19)7-8-25/h3-6,10-12,25H,7-9H2,1-2H3,(H,27,28). The zero-order valence-corrected chi connectivity index (χ0v) is 15.6. The summed E-state index contributed by atoms with van der Waals surface area (Å²) in [6.45, 7) is -0.0537. The lowest BCUT2D eigenvalue weighted by Gasteiger charge is -2.21. The molecule has 0 radical (unpaired) electrons. The van der Waals surface area contributed by atoms with E-state index in [1.165, 1.54) is 12.3 Å². The van der Waals surface area contributed by atoms with Crippen LogP contribution in [-0.2, 0) is 13.0 Å². The molecule has 0 saturated carbocycles. The van der Waals surface area contributed by atoms with Crippen molar-refractivity contribution in [2.75, 3.05) is 25.6 Å². The van der Waals surface area contributed by atoms with Crippen molar-refractivity contribution in [3.8, 4) is 0 Å². The molecule has 0 aliphatic rings. The smallest absolute Gasteiger partial charge is 0.341 e. The van der Waals surface area contributed by atoms with Crippen molar-refractivity contribution in [1.29, 1.82) is 0 Å². The largest absolute Gasteiger partial charge is 0.477 e. The van der Waals surface area contributed by atoms with Gasteiger partial charge in [0.05, 0.1) is 12.1 Å². The van der Waals surface area contributed by atoms with Crippen molar-refractivity contribution in [3.05, 3.63) is 75.3 Å². The molecule has 1 heterocycles. The molecule has 3 aromatic rings. The number of anilines is 1. The van der Waals surface area contributed by atoms with Gasteiger partial charge in [-0.25, -0.2) is 9.18 Å². The van der Waals surface area contributed by atoms with Crippen molar-refractivity contribution < 1.29 is 19.4 Å². The lowest BCUT2D eigenvalue weighted by atomic mass is 9.99. The van der Waals surface area contributed by atoms with E-state index < -0.39 is 11.4 Å². The fourth-order valence-electron chi connectivity index (χ4n) is 3.32. The normalized spacial score (nSPS) is 11.0. The van der Waals surface area contributed by atoms with Crippen molar-refractivity contribution in [3.63, 3.8) is 0 Å². The van der Waals surface area contributed by atoms with Gasteiger partial charge in [-0.2, -0.15) is 0 Å². The van der Waals surface area contributed by atoms with Crippen LogP contribution in [0.5, 0.6) is 0 Å². The van der Waals surface area contributed by atoms with Crippen LogP contribution in [-0.4, -0.2) is 41.5 Å². The number of carboxylic acids is 1. The van der Waals surface area contributed by atoms with Gasteiger partial charge in [-0.3, -0.25) is 4.79 Å². The fraction of sp³-hybridized carbons (Fsp3) is 0.238. The van der Waals surface area contributed by atoms with Gasteiger partial charge in [-0.1, -0.05) is 18.2 Å². The summed E-state index contributed by atoms with van der Waals surface area (Å²) in [6.07, 6.45) is 1.51. The Labute approximate surface area is 161 Å². The highest BCUT2D eigenvalue weighted by Gasteiger charge is 2.18. The van der Waals surface area contributed by atoms with Gasteiger partial charge in [0, 0.05) is 44.3 Å². The van der Waals surface area contributed by atoms with Gasteiger partial charge >= 0.3 is 5.97 Å². The molecule has 0 unspecified atom stereocenters.